The van der Waals surface area contributed by atoms with E-state index >= 15 is 0 Å². The molecule has 8 heteroatoms. The number of aryl methyl sites for hydroxylation is 1. The second-order valence-electron chi connectivity index (χ2n) is 8.75. The summed E-state index contributed by atoms with van der Waals surface area (Å²) in [6, 6.07) is 21.9. The van der Waals surface area contributed by atoms with Gasteiger partial charge >= 0.3 is 5.69 Å². The Kier molecular flexibility index (Phi) is 6.25. The minimum atomic E-state index is -0.474. The molecule has 2 heterocycles. The maximum Gasteiger partial charge on any atom is 0.336 e. The largest absolute Gasteiger partial charge is 0.491 e. The minimum Gasteiger partial charge on any atom is -0.491 e. The summed E-state index contributed by atoms with van der Waals surface area (Å²) in [5, 5.41) is 4.52. The van der Waals surface area contributed by atoms with Crippen LogP contribution in [0, 0.1) is 0 Å². The number of nitrogens with zero attached hydrogens (tertiary/aromatic N) is 4. The predicted molar refractivity (Wildman–Crippen MR) is 138 cm³/mol. The number of benzene rings is 3. The van der Waals surface area contributed by atoms with Gasteiger partial charge in [-0.25, -0.2) is 9.36 Å². The van der Waals surface area contributed by atoms with E-state index in [1.807, 2.05) is 50.2 Å². The van der Waals surface area contributed by atoms with Gasteiger partial charge in [0.1, 0.15) is 12.3 Å². The summed E-state index contributed by atoms with van der Waals surface area (Å²) in [6.07, 6.45) is 0.943. The summed E-state index contributed by atoms with van der Waals surface area (Å²) in [6.45, 7) is 6.01. The van der Waals surface area contributed by atoms with Crippen LogP contribution in [0.25, 0.3) is 28.0 Å². The Hall–Kier alpha value is -4.46. The molecule has 3 aromatic carbocycles. The third-order valence-corrected chi connectivity index (χ3v) is 5.90. The van der Waals surface area contributed by atoms with E-state index in [2.05, 4.69) is 17.1 Å². The van der Waals surface area contributed by atoms with Crippen molar-refractivity contribution in [3.05, 3.63) is 105 Å². The number of aromatic nitrogens is 4. The number of hydrogen-bond acceptors (Lipinski definition) is 6. The zero-order valence-corrected chi connectivity index (χ0v) is 20.3. The van der Waals surface area contributed by atoms with Gasteiger partial charge in [0.2, 0.25) is 11.7 Å². The Morgan fingerprint density at radius 2 is 1.67 bits per heavy atom. The molecule has 0 amide bonds. The highest BCUT2D eigenvalue weighted by Crippen LogP contribution is 2.21. The van der Waals surface area contributed by atoms with Crippen LogP contribution in [0.1, 0.15) is 32.2 Å². The Bertz CT molecular complexity index is 1630. The van der Waals surface area contributed by atoms with Crippen LogP contribution < -0.4 is 16.0 Å². The van der Waals surface area contributed by atoms with Crippen molar-refractivity contribution in [1.29, 1.82) is 0 Å². The summed E-state index contributed by atoms with van der Waals surface area (Å²) in [5.74, 6) is 1.41. The Balaban J connectivity index is 1.54. The van der Waals surface area contributed by atoms with E-state index in [0.717, 1.165) is 23.3 Å². The van der Waals surface area contributed by atoms with Gasteiger partial charge in [0.25, 0.3) is 5.56 Å². The molecular weight excluding hydrogens is 456 g/mol. The van der Waals surface area contributed by atoms with Gasteiger partial charge in [-0.2, -0.15) is 4.98 Å². The lowest BCUT2D eigenvalue weighted by Crippen LogP contribution is -2.39. The van der Waals surface area contributed by atoms with Crippen molar-refractivity contribution in [1.82, 2.24) is 19.3 Å². The molecule has 0 saturated carbocycles. The van der Waals surface area contributed by atoms with E-state index in [1.165, 1.54) is 9.13 Å². The van der Waals surface area contributed by atoms with E-state index in [-0.39, 0.29) is 24.1 Å². The van der Waals surface area contributed by atoms with E-state index in [0.29, 0.717) is 22.4 Å². The van der Waals surface area contributed by atoms with Gasteiger partial charge in [0.15, 0.2) is 0 Å². The van der Waals surface area contributed by atoms with Crippen molar-refractivity contribution in [2.45, 2.75) is 39.8 Å². The van der Waals surface area contributed by atoms with Gasteiger partial charge < -0.3 is 9.26 Å². The standard InChI is InChI=1S/C28H26N4O4/c1-4-19-9-13-21(14-10-19)32-27(33)23-7-5-6-8-24(23)31(28(32)34)17-25-29-26(30-36-25)20-11-15-22(16-12-20)35-18(2)3/h5-16,18H,4,17H2,1-3H3. The van der Waals surface area contributed by atoms with E-state index in [9.17, 15) is 9.59 Å². The smallest absolute Gasteiger partial charge is 0.336 e. The molecule has 5 aromatic rings. The molecule has 5 rings (SSSR count). The minimum absolute atomic E-state index is 0.0220. The normalized spacial score (nSPS) is 11.3. The Morgan fingerprint density at radius 1 is 0.944 bits per heavy atom. The Labute approximate surface area is 207 Å². The van der Waals surface area contributed by atoms with Gasteiger partial charge in [0.05, 0.1) is 22.7 Å². The molecule has 0 unspecified atom stereocenters. The van der Waals surface area contributed by atoms with Gasteiger partial charge in [-0.1, -0.05) is 36.3 Å². The molecule has 0 aliphatic carbocycles. The predicted octanol–water partition coefficient (Wildman–Crippen LogP) is 4.60. The van der Waals surface area contributed by atoms with Crippen molar-refractivity contribution in [2.24, 2.45) is 0 Å². The van der Waals surface area contributed by atoms with Crippen LogP contribution in [-0.4, -0.2) is 25.4 Å². The summed E-state index contributed by atoms with van der Waals surface area (Å²) in [7, 11) is 0. The molecule has 36 heavy (non-hydrogen) atoms. The highest BCUT2D eigenvalue weighted by molar-refractivity contribution is 5.78. The third-order valence-electron chi connectivity index (χ3n) is 5.90. The van der Waals surface area contributed by atoms with Crippen molar-refractivity contribution in [2.75, 3.05) is 0 Å². The second-order valence-corrected chi connectivity index (χ2v) is 8.75. The van der Waals surface area contributed by atoms with Crippen LogP contribution in [0.15, 0.2) is 86.9 Å². The van der Waals surface area contributed by atoms with Crippen LogP contribution in [0.4, 0.5) is 0 Å². The number of fused-ring (bicyclic) bond motifs is 1. The molecule has 8 nitrogen and oxygen atoms in total. The lowest BCUT2D eigenvalue weighted by Gasteiger charge is -2.13. The molecule has 0 bridgehead atoms. The SMILES string of the molecule is CCc1ccc(-n2c(=O)c3ccccc3n(Cc3nc(-c4ccc(OC(C)C)cc4)no3)c2=O)cc1. The van der Waals surface area contributed by atoms with Crippen LogP contribution in [0.5, 0.6) is 5.75 Å². The fourth-order valence-corrected chi connectivity index (χ4v) is 4.11. The summed E-state index contributed by atoms with van der Waals surface area (Å²) < 4.78 is 13.8. The van der Waals surface area contributed by atoms with E-state index in [4.69, 9.17) is 9.26 Å². The number of rotatable bonds is 7. The maximum absolute atomic E-state index is 13.6. The van der Waals surface area contributed by atoms with Crippen LogP contribution in [-0.2, 0) is 13.0 Å². The molecule has 0 aliphatic rings. The second kappa shape index (κ2) is 9.65. The first kappa shape index (κ1) is 23.3. The summed E-state index contributed by atoms with van der Waals surface area (Å²) in [4.78, 5) is 31.4. The van der Waals surface area contributed by atoms with E-state index < -0.39 is 5.69 Å². The Morgan fingerprint density at radius 3 is 2.36 bits per heavy atom. The average molecular weight is 483 g/mol. The maximum atomic E-state index is 13.6. The van der Waals surface area contributed by atoms with Gasteiger partial charge in [-0.3, -0.25) is 9.36 Å². The van der Waals surface area contributed by atoms with E-state index in [1.54, 1.807) is 36.4 Å². The van der Waals surface area contributed by atoms with Crippen molar-refractivity contribution < 1.29 is 9.26 Å². The number of para-hydroxylation sites is 1. The van der Waals surface area contributed by atoms with Crippen LogP contribution in [0.2, 0.25) is 0 Å². The lowest BCUT2D eigenvalue weighted by atomic mass is 10.1. The monoisotopic (exact) mass is 482 g/mol. The van der Waals surface area contributed by atoms with Crippen LogP contribution in [0.3, 0.4) is 0 Å². The van der Waals surface area contributed by atoms with Crippen molar-refractivity contribution in [3.8, 4) is 22.8 Å². The molecule has 0 saturated heterocycles. The first-order valence-electron chi connectivity index (χ1n) is 11.9. The number of ether oxygens (including phenoxy) is 1. The highest BCUT2D eigenvalue weighted by atomic mass is 16.5. The van der Waals surface area contributed by atoms with Crippen molar-refractivity contribution in [3.63, 3.8) is 0 Å². The molecular formula is C28H26N4O4. The summed E-state index contributed by atoms with van der Waals surface area (Å²) >= 11 is 0. The molecule has 2 aromatic heterocycles. The molecule has 0 radical (unpaired) electrons. The van der Waals surface area contributed by atoms with Gasteiger partial charge in [-0.05, 0) is 74.4 Å². The zero-order valence-electron chi connectivity index (χ0n) is 20.3. The molecule has 0 aliphatic heterocycles. The van der Waals surface area contributed by atoms with Crippen molar-refractivity contribution >= 4 is 10.9 Å². The average Bonchev–Trinajstić information content (AvgIpc) is 3.36. The molecule has 0 N–H and O–H groups in total. The molecule has 0 atom stereocenters. The first-order valence-corrected chi connectivity index (χ1v) is 11.9. The molecule has 182 valence electrons. The fourth-order valence-electron chi connectivity index (χ4n) is 4.11. The van der Waals surface area contributed by atoms with Gasteiger partial charge in [0, 0.05) is 5.56 Å². The van der Waals surface area contributed by atoms with Crippen LogP contribution >= 0.6 is 0 Å². The molecule has 0 fully saturated rings. The van der Waals surface area contributed by atoms with Gasteiger partial charge in [-0.15, -0.1) is 0 Å². The number of hydrogen-bond donors (Lipinski definition) is 0. The quantitative estimate of drug-likeness (QED) is 0.337. The highest BCUT2D eigenvalue weighted by Gasteiger charge is 2.17. The third kappa shape index (κ3) is 4.45. The fraction of sp³-hybridized carbons (Fsp3) is 0.214. The topological polar surface area (TPSA) is 92.2 Å². The first-order chi connectivity index (χ1) is 17.4. The lowest BCUT2D eigenvalue weighted by molar-refractivity contribution is 0.242. The molecule has 0 spiro atoms. The summed E-state index contributed by atoms with van der Waals surface area (Å²) in [5.41, 5.74) is 2.05. The zero-order chi connectivity index (χ0) is 25.2.